The minimum atomic E-state index is 0.226. The van der Waals surface area contributed by atoms with Crippen LogP contribution in [-0.2, 0) is 0 Å². The third-order valence-electron chi connectivity index (χ3n) is 6.40. The number of pyridine rings is 2. The Balaban J connectivity index is 0.000000152. The van der Waals surface area contributed by atoms with Crippen molar-refractivity contribution in [1.29, 1.82) is 0 Å². The SMILES string of the molecule is CCCC(C)Oc1cccc2ccc3cccnc3c12.COc1cccc2ccc3cccnc3c12. The Bertz CT molecular complexity index is 1640. The highest BCUT2D eigenvalue weighted by Gasteiger charge is 2.10. The molecule has 2 heterocycles. The fourth-order valence-electron chi connectivity index (χ4n) is 4.71. The van der Waals surface area contributed by atoms with Crippen LogP contribution in [0.5, 0.6) is 11.5 Å². The van der Waals surface area contributed by atoms with E-state index < -0.39 is 0 Å². The van der Waals surface area contributed by atoms with E-state index in [0.717, 1.165) is 62.3 Å². The van der Waals surface area contributed by atoms with E-state index in [1.807, 2.05) is 48.8 Å². The zero-order chi connectivity index (χ0) is 24.9. The van der Waals surface area contributed by atoms with Crippen molar-refractivity contribution in [3.63, 3.8) is 0 Å². The fourth-order valence-corrected chi connectivity index (χ4v) is 4.71. The van der Waals surface area contributed by atoms with Crippen LogP contribution in [0.2, 0.25) is 0 Å². The minimum absolute atomic E-state index is 0.226. The Kier molecular flexibility index (Phi) is 6.94. The van der Waals surface area contributed by atoms with Crippen molar-refractivity contribution in [2.75, 3.05) is 7.11 Å². The van der Waals surface area contributed by atoms with Gasteiger partial charge >= 0.3 is 0 Å². The summed E-state index contributed by atoms with van der Waals surface area (Å²) in [5, 5.41) is 6.83. The zero-order valence-corrected chi connectivity index (χ0v) is 20.9. The molecule has 4 heteroatoms. The Morgan fingerprint density at radius 3 is 1.69 bits per heavy atom. The summed E-state index contributed by atoms with van der Waals surface area (Å²) in [6, 6.07) is 28.8. The van der Waals surface area contributed by atoms with Gasteiger partial charge in [0.25, 0.3) is 0 Å². The topological polar surface area (TPSA) is 44.2 Å². The van der Waals surface area contributed by atoms with Gasteiger partial charge in [-0.25, -0.2) is 0 Å². The maximum absolute atomic E-state index is 6.14. The van der Waals surface area contributed by atoms with Crippen molar-refractivity contribution in [2.24, 2.45) is 0 Å². The van der Waals surface area contributed by atoms with E-state index >= 15 is 0 Å². The van der Waals surface area contributed by atoms with Gasteiger partial charge in [-0.2, -0.15) is 0 Å². The molecule has 0 N–H and O–H groups in total. The highest BCUT2D eigenvalue weighted by molar-refractivity contribution is 6.09. The highest BCUT2D eigenvalue weighted by atomic mass is 16.5. The van der Waals surface area contributed by atoms with Crippen LogP contribution in [-0.4, -0.2) is 23.2 Å². The standard InChI is InChI=1S/C18H19NO.C14H11NO/c1-3-6-13(2)20-16-9-4-7-14-10-11-15-8-5-12-19-18(15)17(14)16;1-16-12-6-2-4-10-7-8-11-5-3-9-15-14(11)13(10)12/h4-5,7-13H,3,6H2,1-2H3;2-9H,1H3. The first-order valence-electron chi connectivity index (χ1n) is 12.4. The van der Waals surface area contributed by atoms with Gasteiger partial charge in [0.05, 0.1) is 35.0 Å². The molecule has 0 saturated carbocycles. The third kappa shape index (κ3) is 4.67. The number of hydrogen-bond donors (Lipinski definition) is 0. The maximum Gasteiger partial charge on any atom is 0.129 e. The van der Waals surface area contributed by atoms with Crippen molar-refractivity contribution >= 4 is 43.4 Å². The fraction of sp³-hybridized carbons (Fsp3) is 0.188. The molecule has 0 spiro atoms. The lowest BCUT2D eigenvalue weighted by atomic mass is 10.1. The molecule has 0 radical (unpaired) electrons. The summed E-state index contributed by atoms with van der Waals surface area (Å²) < 4.78 is 11.5. The van der Waals surface area contributed by atoms with E-state index in [-0.39, 0.29) is 6.10 Å². The molecule has 0 saturated heterocycles. The molecule has 4 nitrogen and oxygen atoms in total. The van der Waals surface area contributed by atoms with Crippen LogP contribution in [0.4, 0.5) is 0 Å². The van der Waals surface area contributed by atoms with E-state index in [1.165, 1.54) is 5.39 Å². The van der Waals surface area contributed by atoms with Crippen LogP contribution in [0.25, 0.3) is 43.4 Å². The predicted octanol–water partition coefficient (Wildman–Crippen LogP) is 8.35. The summed E-state index contributed by atoms with van der Waals surface area (Å²) in [5.74, 6) is 1.81. The van der Waals surface area contributed by atoms with Crippen molar-refractivity contribution in [3.8, 4) is 11.5 Å². The number of nitrogens with zero attached hydrogens (tertiary/aromatic N) is 2. The molecule has 0 bridgehead atoms. The Hall–Kier alpha value is -4.18. The van der Waals surface area contributed by atoms with Crippen LogP contribution in [0, 0.1) is 0 Å². The van der Waals surface area contributed by atoms with E-state index in [4.69, 9.17) is 9.47 Å². The average molecular weight is 475 g/mol. The Labute approximate surface area is 211 Å². The summed E-state index contributed by atoms with van der Waals surface area (Å²) in [5.41, 5.74) is 2.02. The number of hydrogen-bond acceptors (Lipinski definition) is 4. The van der Waals surface area contributed by atoms with Crippen LogP contribution >= 0.6 is 0 Å². The van der Waals surface area contributed by atoms with Crippen molar-refractivity contribution in [1.82, 2.24) is 9.97 Å². The highest BCUT2D eigenvalue weighted by Crippen LogP contribution is 2.33. The van der Waals surface area contributed by atoms with Gasteiger partial charge in [-0.15, -0.1) is 0 Å². The first kappa shape index (κ1) is 23.6. The summed E-state index contributed by atoms with van der Waals surface area (Å²) in [7, 11) is 1.69. The minimum Gasteiger partial charge on any atom is -0.496 e. The first-order valence-corrected chi connectivity index (χ1v) is 12.4. The van der Waals surface area contributed by atoms with Crippen molar-refractivity contribution < 1.29 is 9.47 Å². The number of fused-ring (bicyclic) bond motifs is 6. The molecular formula is C32H30N2O2. The summed E-state index contributed by atoms with van der Waals surface area (Å²) in [4.78, 5) is 8.98. The van der Waals surface area contributed by atoms with Crippen LogP contribution in [0.15, 0.2) is 97.3 Å². The number of benzene rings is 4. The summed E-state index contributed by atoms with van der Waals surface area (Å²) in [6.45, 7) is 4.31. The van der Waals surface area contributed by atoms with Crippen molar-refractivity contribution in [2.45, 2.75) is 32.8 Å². The van der Waals surface area contributed by atoms with Gasteiger partial charge in [0.1, 0.15) is 11.5 Å². The normalized spacial score (nSPS) is 11.9. The zero-order valence-electron chi connectivity index (χ0n) is 20.9. The van der Waals surface area contributed by atoms with Gasteiger partial charge < -0.3 is 9.47 Å². The molecular weight excluding hydrogens is 444 g/mol. The molecule has 0 aliphatic heterocycles. The number of aromatic nitrogens is 2. The van der Waals surface area contributed by atoms with Gasteiger partial charge in [-0.3, -0.25) is 9.97 Å². The van der Waals surface area contributed by atoms with Gasteiger partial charge in [0, 0.05) is 23.2 Å². The second-order valence-electron chi connectivity index (χ2n) is 8.91. The quantitative estimate of drug-likeness (QED) is 0.236. The second kappa shape index (κ2) is 10.6. The Morgan fingerprint density at radius 2 is 1.14 bits per heavy atom. The van der Waals surface area contributed by atoms with Crippen LogP contribution in [0.1, 0.15) is 26.7 Å². The van der Waals surface area contributed by atoms with Gasteiger partial charge in [-0.1, -0.05) is 74.0 Å². The largest absolute Gasteiger partial charge is 0.496 e. The molecule has 2 aromatic heterocycles. The molecule has 1 unspecified atom stereocenters. The lowest BCUT2D eigenvalue weighted by Gasteiger charge is -2.16. The van der Waals surface area contributed by atoms with Crippen molar-refractivity contribution in [3.05, 3.63) is 97.3 Å². The molecule has 6 aromatic rings. The molecule has 0 fully saturated rings. The van der Waals surface area contributed by atoms with E-state index in [1.54, 1.807) is 7.11 Å². The lowest BCUT2D eigenvalue weighted by Crippen LogP contribution is -2.11. The monoisotopic (exact) mass is 474 g/mol. The molecule has 0 aliphatic rings. The summed E-state index contributed by atoms with van der Waals surface area (Å²) >= 11 is 0. The maximum atomic E-state index is 6.14. The lowest BCUT2D eigenvalue weighted by molar-refractivity contribution is 0.213. The van der Waals surface area contributed by atoms with Gasteiger partial charge in [0.15, 0.2) is 0 Å². The number of rotatable bonds is 5. The molecule has 0 aliphatic carbocycles. The van der Waals surface area contributed by atoms with E-state index in [9.17, 15) is 0 Å². The second-order valence-corrected chi connectivity index (χ2v) is 8.91. The molecule has 6 rings (SSSR count). The summed E-state index contributed by atoms with van der Waals surface area (Å²) in [6.07, 6.45) is 6.08. The van der Waals surface area contributed by atoms with Crippen LogP contribution in [0.3, 0.4) is 0 Å². The predicted molar refractivity (Wildman–Crippen MR) is 150 cm³/mol. The molecule has 1 atom stereocenters. The van der Waals surface area contributed by atoms with E-state index in [2.05, 4.69) is 72.3 Å². The third-order valence-corrected chi connectivity index (χ3v) is 6.40. The number of ether oxygens (including phenoxy) is 2. The molecule has 4 aromatic carbocycles. The molecule has 180 valence electrons. The first-order chi connectivity index (χ1) is 17.7. The van der Waals surface area contributed by atoms with Crippen LogP contribution < -0.4 is 9.47 Å². The Morgan fingerprint density at radius 1 is 0.639 bits per heavy atom. The van der Waals surface area contributed by atoms with E-state index in [0.29, 0.717) is 0 Å². The smallest absolute Gasteiger partial charge is 0.129 e. The molecule has 36 heavy (non-hydrogen) atoms. The number of methoxy groups -OCH3 is 1. The average Bonchev–Trinajstić information content (AvgIpc) is 2.93. The van der Waals surface area contributed by atoms with Gasteiger partial charge in [0.2, 0.25) is 0 Å². The van der Waals surface area contributed by atoms with Gasteiger partial charge in [-0.05, 0) is 48.4 Å². The molecule has 0 amide bonds.